The van der Waals surface area contributed by atoms with E-state index in [-0.39, 0.29) is 0 Å². The Kier molecular flexibility index (Phi) is 5.80. The number of hydrogen-bond acceptors (Lipinski definition) is 1. The van der Waals surface area contributed by atoms with Crippen molar-refractivity contribution in [1.29, 1.82) is 0 Å². The summed E-state index contributed by atoms with van der Waals surface area (Å²) in [4.78, 5) is 0. The minimum Gasteiger partial charge on any atom is -0.381 e. The average Bonchev–Trinajstić information content (AvgIpc) is 1.63. The summed E-state index contributed by atoms with van der Waals surface area (Å²) in [5.41, 5.74) is 0. The summed E-state index contributed by atoms with van der Waals surface area (Å²) in [7, 11) is 0. The molecule has 0 amide bonds. The first kappa shape index (κ1) is 10.3. The van der Waals surface area contributed by atoms with Gasteiger partial charge in [0.25, 0.3) is 0 Å². The second kappa shape index (κ2) is 5.05. The van der Waals surface area contributed by atoms with E-state index >= 15 is 0 Å². The highest BCUT2D eigenvalue weighted by Gasteiger charge is 2.26. The second-order valence-corrected chi connectivity index (χ2v) is 9.43. The molecule has 0 spiro atoms. The van der Waals surface area contributed by atoms with Gasteiger partial charge in [-0.3, -0.25) is 0 Å². The van der Waals surface area contributed by atoms with Crippen LogP contribution >= 0.6 is 44.8 Å². The molecule has 0 saturated carbocycles. The van der Waals surface area contributed by atoms with Crippen LogP contribution in [0.5, 0.6) is 0 Å². The van der Waals surface area contributed by atoms with Gasteiger partial charge in [-0.15, -0.1) is 11.6 Å². The molecule has 1 nitrogen and oxygen atoms in total. The lowest BCUT2D eigenvalue weighted by Crippen LogP contribution is -2.16. The van der Waals surface area contributed by atoms with Crippen molar-refractivity contribution in [3.05, 3.63) is 0 Å². The molecule has 0 saturated heterocycles. The van der Waals surface area contributed by atoms with Crippen LogP contribution in [-0.4, -0.2) is 18.7 Å². The van der Waals surface area contributed by atoms with Crippen LogP contribution in [0.15, 0.2) is 0 Å². The summed E-state index contributed by atoms with van der Waals surface area (Å²) in [5, 5.41) is 0. The maximum atomic E-state index is 5.37. The molecule has 0 radical (unpaired) electrons. The zero-order valence-electron chi connectivity index (χ0n) is 4.54. The van der Waals surface area contributed by atoms with E-state index in [1.807, 2.05) is 0 Å². The highest BCUT2D eigenvalue weighted by molar-refractivity contribution is 7.62. The molecular formula is C3H6Cl4OSi. The minimum atomic E-state index is -2.84. The van der Waals surface area contributed by atoms with Gasteiger partial charge in [-0.1, -0.05) is 33.2 Å². The average molecular weight is 228 g/mol. The highest BCUT2D eigenvalue weighted by Crippen LogP contribution is 2.20. The first-order chi connectivity index (χ1) is 4.06. The normalized spacial score (nSPS) is 12.0. The van der Waals surface area contributed by atoms with Crippen LogP contribution in [0.25, 0.3) is 0 Å². The summed E-state index contributed by atoms with van der Waals surface area (Å²) in [6.45, 7) is 0.437. The number of alkyl halides is 1. The van der Waals surface area contributed by atoms with E-state index in [1.54, 1.807) is 0 Å². The Morgan fingerprint density at radius 1 is 1.22 bits per heavy atom. The Morgan fingerprint density at radius 2 is 1.78 bits per heavy atom. The summed E-state index contributed by atoms with van der Waals surface area (Å²) >= 11 is 21.5. The second-order valence-electron chi connectivity index (χ2n) is 1.34. The Labute approximate surface area is 74.4 Å². The third-order valence-electron chi connectivity index (χ3n) is 0.544. The first-order valence-electron chi connectivity index (χ1n) is 2.33. The van der Waals surface area contributed by atoms with Gasteiger partial charge < -0.3 is 4.43 Å². The van der Waals surface area contributed by atoms with Gasteiger partial charge in [0.2, 0.25) is 0 Å². The number of hydrogen-bond donors (Lipinski definition) is 0. The van der Waals surface area contributed by atoms with Crippen molar-refractivity contribution in [2.75, 3.05) is 12.5 Å². The third-order valence-corrected chi connectivity index (χ3v) is 2.32. The van der Waals surface area contributed by atoms with Gasteiger partial charge in [-0.05, 0) is 6.42 Å². The fraction of sp³-hybridized carbons (Fsp3) is 1.00. The van der Waals surface area contributed by atoms with Crippen molar-refractivity contribution >= 4 is 51.1 Å². The van der Waals surface area contributed by atoms with Gasteiger partial charge in [0, 0.05) is 12.5 Å². The number of rotatable bonds is 4. The van der Waals surface area contributed by atoms with E-state index in [1.165, 1.54) is 0 Å². The first-order valence-corrected chi connectivity index (χ1v) is 7.81. The van der Waals surface area contributed by atoms with Gasteiger partial charge in [-0.25, -0.2) is 0 Å². The van der Waals surface area contributed by atoms with Crippen molar-refractivity contribution in [1.82, 2.24) is 0 Å². The molecule has 0 rings (SSSR count). The van der Waals surface area contributed by atoms with Crippen molar-refractivity contribution in [2.24, 2.45) is 0 Å². The van der Waals surface area contributed by atoms with Crippen LogP contribution in [-0.2, 0) is 4.43 Å². The molecular weight excluding hydrogens is 222 g/mol. The Balaban J connectivity index is 3.07. The molecule has 6 heteroatoms. The van der Waals surface area contributed by atoms with Crippen molar-refractivity contribution in [2.45, 2.75) is 6.42 Å². The van der Waals surface area contributed by atoms with E-state index in [0.717, 1.165) is 6.42 Å². The lowest BCUT2D eigenvalue weighted by Gasteiger charge is -2.06. The van der Waals surface area contributed by atoms with Crippen LogP contribution in [0.3, 0.4) is 0 Å². The van der Waals surface area contributed by atoms with Gasteiger partial charge in [0.15, 0.2) is 0 Å². The Bertz CT molecular complexity index is 72.7. The maximum Gasteiger partial charge on any atom is 0.493 e. The van der Waals surface area contributed by atoms with E-state index < -0.39 is 6.25 Å². The lowest BCUT2D eigenvalue weighted by atomic mass is 10.5. The molecule has 0 aromatic carbocycles. The quantitative estimate of drug-likeness (QED) is 0.311. The molecule has 56 valence electrons. The summed E-state index contributed by atoms with van der Waals surface area (Å²) in [5.74, 6) is 0.537. The molecule has 0 aliphatic heterocycles. The summed E-state index contributed by atoms with van der Waals surface area (Å²) < 4.78 is 4.82. The predicted molar refractivity (Wildman–Crippen MR) is 44.6 cm³/mol. The topological polar surface area (TPSA) is 9.23 Å². The maximum absolute atomic E-state index is 5.37. The molecule has 0 aromatic rings. The predicted octanol–water partition coefficient (Wildman–Crippen LogP) is 2.78. The molecule has 0 bridgehead atoms. The largest absolute Gasteiger partial charge is 0.493 e. The van der Waals surface area contributed by atoms with E-state index in [4.69, 9.17) is 49.3 Å². The van der Waals surface area contributed by atoms with Crippen LogP contribution in [0.2, 0.25) is 0 Å². The van der Waals surface area contributed by atoms with Crippen LogP contribution in [0.1, 0.15) is 6.42 Å². The SMILES string of the molecule is ClCCCO[Si](Cl)(Cl)Cl. The van der Waals surface area contributed by atoms with Gasteiger partial charge in [0.05, 0.1) is 0 Å². The fourth-order valence-electron chi connectivity index (χ4n) is 0.242. The fourth-order valence-corrected chi connectivity index (χ4v) is 1.42. The van der Waals surface area contributed by atoms with Crippen molar-refractivity contribution < 1.29 is 4.43 Å². The highest BCUT2D eigenvalue weighted by atomic mass is 35.8. The van der Waals surface area contributed by atoms with E-state index in [2.05, 4.69) is 0 Å². The zero-order chi connectivity index (χ0) is 7.33. The molecule has 9 heavy (non-hydrogen) atoms. The van der Waals surface area contributed by atoms with Crippen LogP contribution < -0.4 is 0 Å². The van der Waals surface area contributed by atoms with Crippen molar-refractivity contribution in [3.63, 3.8) is 0 Å². The standard InChI is InChI=1S/C3H6Cl4OSi/c4-2-1-3-8-9(5,6)7/h1-3H2. The monoisotopic (exact) mass is 226 g/mol. The number of halogens is 4. The van der Waals surface area contributed by atoms with Gasteiger partial charge in [0.1, 0.15) is 0 Å². The molecule has 0 heterocycles. The van der Waals surface area contributed by atoms with E-state index in [9.17, 15) is 0 Å². The minimum absolute atomic E-state index is 0.437. The molecule has 0 unspecified atom stereocenters. The summed E-state index contributed by atoms with van der Waals surface area (Å²) in [6.07, 6.45) is -2.11. The molecule has 0 atom stereocenters. The zero-order valence-corrected chi connectivity index (χ0v) is 8.57. The molecule has 0 aliphatic carbocycles. The van der Waals surface area contributed by atoms with Crippen LogP contribution in [0, 0.1) is 0 Å². The molecule has 0 aliphatic rings. The Hall–Kier alpha value is 1.34. The lowest BCUT2D eigenvalue weighted by molar-refractivity contribution is 0.336. The molecule has 0 fully saturated rings. The smallest absolute Gasteiger partial charge is 0.381 e. The molecule has 0 aromatic heterocycles. The summed E-state index contributed by atoms with van der Waals surface area (Å²) in [6, 6.07) is 0. The molecule has 0 N–H and O–H groups in total. The van der Waals surface area contributed by atoms with Gasteiger partial charge >= 0.3 is 6.25 Å². The van der Waals surface area contributed by atoms with E-state index in [0.29, 0.717) is 12.5 Å². The van der Waals surface area contributed by atoms with Gasteiger partial charge in [-0.2, -0.15) is 0 Å². The Morgan fingerprint density at radius 3 is 2.11 bits per heavy atom. The van der Waals surface area contributed by atoms with Crippen LogP contribution in [0.4, 0.5) is 0 Å². The third kappa shape index (κ3) is 9.34. The van der Waals surface area contributed by atoms with Crippen molar-refractivity contribution in [3.8, 4) is 0 Å².